The van der Waals surface area contributed by atoms with Gasteiger partial charge in [-0.3, -0.25) is 0 Å². The summed E-state index contributed by atoms with van der Waals surface area (Å²) >= 11 is 6.36. The van der Waals surface area contributed by atoms with Gasteiger partial charge in [0, 0.05) is 34.6 Å². The van der Waals surface area contributed by atoms with Gasteiger partial charge >= 0.3 is 6.18 Å². The molecular formula is C17H18ClF3N2. The molecule has 23 heavy (non-hydrogen) atoms. The Bertz CT molecular complexity index is 780. The highest BCUT2D eigenvalue weighted by Gasteiger charge is 2.33. The maximum Gasteiger partial charge on any atom is 0.390 e. The predicted octanol–water partition coefficient (Wildman–Crippen LogP) is 3.69. The molecular weight excluding hydrogens is 325 g/mol. The number of rotatable bonds is 3. The monoisotopic (exact) mass is 342 g/mol. The molecule has 2 nitrogen and oxygen atoms in total. The second kappa shape index (κ2) is 5.78. The molecule has 0 fully saturated rings. The number of benzene rings is 1. The summed E-state index contributed by atoms with van der Waals surface area (Å²) in [5.41, 5.74) is 2.81. The third-order valence-corrected chi connectivity index (χ3v) is 4.81. The maximum absolute atomic E-state index is 12.7. The number of fused-ring (bicyclic) bond motifs is 3. The second-order valence-corrected chi connectivity index (χ2v) is 6.28. The smallest absolute Gasteiger partial charge is 0.364 e. The number of halogens is 4. The van der Waals surface area contributed by atoms with E-state index in [2.05, 4.69) is 5.32 Å². The summed E-state index contributed by atoms with van der Waals surface area (Å²) in [6.07, 6.45) is -0.676. The lowest BCUT2D eigenvalue weighted by molar-refractivity contribution is -0.132. The zero-order chi connectivity index (χ0) is 16.8. The van der Waals surface area contributed by atoms with Gasteiger partial charge in [-0.1, -0.05) is 18.5 Å². The minimum absolute atomic E-state index is 0.0192. The van der Waals surface area contributed by atoms with Crippen molar-refractivity contribution in [3.63, 3.8) is 0 Å². The van der Waals surface area contributed by atoms with Crippen LogP contribution in [0.15, 0.2) is 24.4 Å². The summed E-state index contributed by atoms with van der Waals surface area (Å²) in [6, 6.07) is 3.75. The normalized spacial score (nSPS) is 19.7. The van der Waals surface area contributed by atoms with Gasteiger partial charge in [0.15, 0.2) is 0 Å². The van der Waals surface area contributed by atoms with Gasteiger partial charge in [0.2, 0.25) is 0 Å². The molecule has 2 aliphatic rings. The standard InChI is InChI=1S/C17H18ClF3N2/c1-3-13-10(2)15-14(23(13)9-7-17(19,20)21)5-4-12-16(15)11(18)6-8-22-12/h4-6,8,13,22H,3,7,9H2,1-2H3. The molecule has 0 aromatic heterocycles. The Labute approximate surface area is 137 Å². The fourth-order valence-electron chi connectivity index (χ4n) is 3.50. The largest absolute Gasteiger partial charge is 0.390 e. The van der Waals surface area contributed by atoms with Crippen molar-refractivity contribution in [2.45, 2.75) is 38.9 Å². The Kier molecular flexibility index (Phi) is 4.08. The second-order valence-electron chi connectivity index (χ2n) is 5.87. The molecule has 0 amide bonds. The summed E-state index contributed by atoms with van der Waals surface area (Å²) in [5.74, 6) is 0. The molecule has 124 valence electrons. The molecule has 6 heteroatoms. The molecule has 2 aliphatic heterocycles. The fraction of sp³-hybridized carbons (Fsp3) is 0.412. The van der Waals surface area contributed by atoms with E-state index in [0.29, 0.717) is 5.03 Å². The molecule has 0 aliphatic carbocycles. The van der Waals surface area contributed by atoms with Crippen LogP contribution in [-0.4, -0.2) is 18.8 Å². The average Bonchev–Trinajstić information content (AvgIpc) is 2.76. The Morgan fingerprint density at radius 3 is 2.65 bits per heavy atom. The number of nitrogens with one attached hydrogen (secondary N) is 1. The van der Waals surface area contributed by atoms with Gasteiger partial charge in [0.25, 0.3) is 0 Å². The molecule has 1 aromatic rings. The summed E-state index contributed by atoms with van der Waals surface area (Å²) < 4.78 is 38.0. The van der Waals surface area contributed by atoms with E-state index in [1.165, 1.54) is 0 Å². The molecule has 3 rings (SSSR count). The van der Waals surface area contributed by atoms with Crippen LogP contribution in [-0.2, 0) is 0 Å². The van der Waals surface area contributed by atoms with Crippen molar-refractivity contribution in [3.8, 4) is 0 Å². The van der Waals surface area contributed by atoms with Crippen LogP contribution in [0, 0.1) is 0 Å². The number of hydrogen-bond donors (Lipinski definition) is 1. The van der Waals surface area contributed by atoms with Crippen LogP contribution in [0.1, 0.15) is 26.7 Å². The van der Waals surface area contributed by atoms with Crippen molar-refractivity contribution < 1.29 is 13.2 Å². The number of nitrogens with zero attached hydrogens (tertiary/aromatic N) is 1. The maximum atomic E-state index is 12.7. The zero-order valence-electron chi connectivity index (χ0n) is 13.0. The van der Waals surface area contributed by atoms with Crippen LogP contribution in [0.2, 0.25) is 0 Å². The first-order valence-electron chi connectivity index (χ1n) is 7.63. The Morgan fingerprint density at radius 2 is 2.00 bits per heavy atom. The predicted molar refractivity (Wildman–Crippen MR) is 88.9 cm³/mol. The van der Waals surface area contributed by atoms with Gasteiger partial charge in [0.05, 0.1) is 17.5 Å². The van der Waals surface area contributed by atoms with E-state index in [0.717, 1.165) is 33.8 Å². The topological polar surface area (TPSA) is 15.3 Å². The van der Waals surface area contributed by atoms with Gasteiger partial charge in [-0.2, -0.15) is 13.2 Å². The van der Waals surface area contributed by atoms with E-state index in [1.54, 1.807) is 12.3 Å². The molecule has 1 N–H and O–H groups in total. The molecule has 1 aromatic carbocycles. The summed E-state index contributed by atoms with van der Waals surface area (Å²) in [5, 5.41) is 5.62. The van der Waals surface area contributed by atoms with Crippen molar-refractivity contribution in [3.05, 3.63) is 34.8 Å². The summed E-state index contributed by atoms with van der Waals surface area (Å²) in [4.78, 5) is 1.86. The van der Waals surface area contributed by atoms with Crippen molar-refractivity contribution in [1.29, 1.82) is 0 Å². The van der Waals surface area contributed by atoms with E-state index in [1.807, 2.05) is 30.9 Å². The Morgan fingerprint density at radius 1 is 1.26 bits per heavy atom. The highest BCUT2D eigenvalue weighted by atomic mass is 35.5. The third kappa shape index (κ3) is 2.82. The van der Waals surface area contributed by atoms with Gasteiger partial charge in [-0.25, -0.2) is 0 Å². The Hall–Kier alpha value is -1.62. The molecule has 0 saturated heterocycles. The number of hydrogen-bond acceptors (Lipinski definition) is 2. The van der Waals surface area contributed by atoms with Gasteiger partial charge in [-0.05, 0) is 37.1 Å². The minimum atomic E-state index is -4.16. The zero-order valence-corrected chi connectivity index (χ0v) is 13.7. The van der Waals surface area contributed by atoms with Crippen molar-refractivity contribution >= 4 is 33.6 Å². The SMILES string of the molecule is CCC1C(C)=c2c(ccc3c2=C(Cl)C=CN3)N1CCC(F)(F)F. The minimum Gasteiger partial charge on any atom is -0.364 e. The average molecular weight is 343 g/mol. The molecule has 0 saturated carbocycles. The van der Waals surface area contributed by atoms with Crippen LogP contribution >= 0.6 is 11.6 Å². The van der Waals surface area contributed by atoms with Gasteiger partial charge < -0.3 is 10.2 Å². The van der Waals surface area contributed by atoms with Crippen LogP contribution < -0.4 is 20.7 Å². The highest BCUT2D eigenvalue weighted by Crippen LogP contribution is 2.30. The first-order valence-corrected chi connectivity index (χ1v) is 8.01. The van der Waals surface area contributed by atoms with Crippen molar-refractivity contribution in [1.82, 2.24) is 0 Å². The van der Waals surface area contributed by atoms with E-state index in [4.69, 9.17) is 11.6 Å². The van der Waals surface area contributed by atoms with Crippen LogP contribution in [0.25, 0.3) is 10.6 Å². The van der Waals surface area contributed by atoms with E-state index in [9.17, 15) is 13.2 Å². The van der Waals surface area contributed by atoms with E-state index in [-0.39, 0.29) is 12.6 Å². The summed E-state index contributed by atoms with van der Waals surface area (Å²) in [7, 11) is 0. The van der Waals surface area contributed by atoms with Gasteiger partial charge in [-0.15, -0.1) is 0 Å². The first kappa shape index (κ1) is 16.2. The lowest BCUT2D eigenvalue weighted by atomic mass is 10.0. The molecule has 0 radical (unpaired) electrons. The molecule has 2 heterocycles. The number of anilines is 2. The quantitative estimate of drug-likeness (QED) is 0.901. The summed E-state index contributed by atoms with van der Waals surface area (Å²) in [6.45, 7) is 3.95. The van der Waals surface area contributed by atoms with E-state index >= 15 is 0 Å². The highest BCUT2D eigenvalue weighted by molar-refractivity contribution is 6.47. The lowest BCUT2D eigenvalue weighted by Gasteiger charge is -2.29. The van der Waals surface area contributed by atoms with Crippen LogP contribution in [0.3, 0.4) is 0 Å². The van der Waals surface area contributed by atoms with E-state index < -0.39 is 12.6 Å². The molecule has 0 bridgehead atoms. The molecule has 1 atom stereocenters. The number of alkyl halides is 3. The molecule has 1 unspecified atom stereocenters. The lowest BCUT2D eigenvalue weighted by Crippen LogP contribution is -2.36. The Balaban J connectivity index is 2.15. The van der Waals surface area contributed by atoms with Crippen LogP contribution in [0.5, 0.6) is 0 Å². The number of allylic oxidation sites excluding steroid dienone is 1. The van der Waals surface area contributed by atoms with Crippen molar-refractivity contribution in [2.24, 2.45) is 0 Å². The fourth-order valence-corrected chi connectivity index (χ4v) is 3.76. The molecule has 0 spiro atoms. The first-order chi connectivity index (χ1) is 10.8. The van der Waals surface area contributed by atoms with Gasteiger partial charge in [0.1, 0.15) is 0 Å². The third-order valence-electron chi connectivity index (χ3n) is 4.49. The van der Waals surface area contributed by atoms with Crippen molar-refractivity contribution in [2.75, 3.05) is 16.8 Å². The van der Waals surface area contributed by atoms with Crippen LogP contribution in [0.4, 0.5) is 24.5 Å².